The molecule has 0 aromatic rings. The molecule has 1 aliphatic heterocycles. The maximum absolute atomic E-state index is 11.9. The van der Waals surface area contributed by atoms with Crippen molar-refractivity contribution in [3.63, 3.8) is 0 Å². The molecule has 0 spiro atoms. The van der Waals surface area contributed by atoms with E-state index in [9.17, 15) is 4.79 Å². The number of carbonyl (C=O) groups is 1. The van der Waals surface area contributed by atoms with Crippen molar-refractivity contribution in [1.82, 2.24) is 5.32 Å². The normalized spacial score (nSPS) is 27.5. The molecule has 1 fully saturated rings. The van der Waals surface area contributed by atoms with Crippen LogP contribution in [0.5, 0.6) is 0 Å². The number of nitrogens with one attached hydrogen (secondary N) is 1. The molecule has 0 aromatic heterocycles. The number of rotatable bonds is 7. The summed E-state index contributed by atoms with van der Waals surface area (Å²) < 4.78 is 10.9. The highest BCUT2D eigenvalue weighted by Crippen LogP contribution is 2.31. The summed E-state index contributed by atoms with van der Waals surface area (Å²) in [6.07, 6.45) is 3.52. The highest BCUT2D eigenvalue weighted by molar-refractivity contribution is 5.71. The lowest BCUT2D eigenvalue weighted by atomic mass is 9.80. The van der Waals surface area contributed by atoms with Gasteiger partial charge in [-0.1, -0.05) is 20.8 Å². The average molecular weight is 271 g/mol. The topological polar surface area (TPSA) is 47.6 Å². The van der Waals surface area contributed by atoms with E-state index in [0.717, 1.165) is 32.4 Å². The standard InChI is InChI=1S/C15H29NO3/c1-5-8-16-15(11-14(17)18-6-2)7-9-19-13(10-15)12(3)4/h12-13,16H,5-11H2,1-4H3. The van der Waals surface area contributed by atoms with E-state index >= 15 is 0 Å². The van der Waals surface area contributed by atoms with Gasteiger partial charge in [0.2, 0.25) is 0 Å². The third kappa shape index (κ3) is 5.11. The van der Waals surface area contributed by atoms with E-state index in [4.69, 9.17) is 9.47 Å². The summed E-state index contributed by atoms with van der Waals surface area (Å²) in [5.41, 5.74) is -0.143. The second-order valence-corrected chi connectivity index (χ2v) is 5.80. The maximum Gasteiger partial charge on any atom is 0.307 e. The Morgan fingerprint density at radius 3 is 2.79 bits per heavy atom. The molecule has 2 atom stereocenters. The molecule has 19 heavy (non-hydrogen) atoms. The molecule has 0 bridgehead atoms. The Labute approximate surface area is 117 Å². The van der Waals surface area contributed by atoms with E-state index in [-0.39, 0.29) is 17.6 Å². The molecule has 0 radical (unpaired) electrons. The molecule has 0 amide bonds. The molecule has 4 nitrogen and oxygen atoms in total. The SMILES string of the molecule is CCCNC1(CC(=O)OCC)CCOC(C(C)C)C1. The van der Waals surface area contributed by atoms with E-state index in [1.807, 2.05) is 6.92 Å². The molecule has 1 heterocycles. The molecule has 0 aromatic carbocycles. The van der Waals surface area contributed by atoms with Gasteiger partial charge in [-0.15, -0.1) is 0 Å². The Hall–Kier alpha value is -0.610. The van der Waals surface area contributed by atoms with Crippen molar-refractivity contribution in [2.75, 3.05) is 19.8 Å². The fraction of sp³-hybridized carbons (Fsp3) is 0.933. The van der Waals surface area contributed by atoms with Crippen LogP contribution in [0.2, 0.25) is 0 Å². The number of hydrogen-bond acceptors (Lipinski definition) is 4. The fourth-order valence-corrected chi connectivity index (χ4v) is 2.64. The monoisotopic (exact) mass is 271 g/mol. The van der Waals surface area contributed by atoms with Crippen LogP contribution in [0.1, 0.15) is 53.4 Å². The highest BCUT2D eigenvalue weighted by Gasteiger charge is 2.39. The minimum absolute atomic E-state index is 0.101. The van der Waals surface area contributed by atoms with Gasteiger partial charge in [0.15, 0.2) is 0 Å². The summed E-state index contributed by atoms with van der Waals surface area (Å²) in [4.78, 5) is 11.9. The van der Waals surface area contributed by atoms with Crippen LogP contribution in [0.15, 0.2) is 0 Å². The maximum atomic E-state index is 11.9. The van der Waals surface area contributed by atoms with Crippen LogP contribution in [0.25, 0.3) is 0 Å². The van der Waals surface area contributed by atoms with Crippen LogP contribution in [0.4, 0.5) is 0 Å². The molecule has 4 heteroatoms. The zero-order valence-corrected chi connectivity index (χ0v) is 12.8. The molecule has 1 rings (SSSR count). The van der Waals surface area contributed by atoms with Crippen LogP contribution in [-0.4, -0.2) is 37.4 Å². The van der Waals surface area contributed by atoms with E-state index in [1.54, 1.807) is 0 Å². The third-order valence-electron chi connectivity index (χ3n) is 3.79. The van der Waals surface area contributed by atoms with E-state index in [1.165, 1.54) is 0 Å². The average Bonchev–Trinajstić information content (AvgIpc) is 2.37. The first kappa shape index (κ1) is 16.4. The van der Waals surface area contributed by atoms with E-state index in [2.05, 4.69) is 26.1 Å². The van der Waals surface area contributed by atoms with Crippen LogP contribution in [0.3, 0.4) is 0 Å². The summed E-state index contributed by atoms with van der Waals surface area (Å²) in [7, 11) is 0. The van der Waals surface area contributed by atoms with Gasteiger partial charge in [-0.2, -0.15) is 0 Å². The predicted molar refractivity (Wildman–Crippen MR) is 76.1 cm³/mol. The Morgan fingerprint density at radius 1 is 1.47 bits per heavy atom. The molecule has 0 saturated carbocycles. The van der Waals surface area contributed by atoms with Crippen molar-refractivity contribution in [2.24, 2.45) is 5.92 Å². The van der Waals surface area contributed by atoms with Crippen LogP contribution >= 0.6 is 0 Å². The minimum Gasteiger partial charge on any atom is -0.466 e. The molecule has 1 aliphatic rings. The third-order valence-corrected chi connectivity index (χ3v) is 3.79. The first-order valence-electron chi connectivity index (χ1n) is 7.55. The lowest BCUT2D eigenvalue weighted by molar-refractivity contribution is -0.147. The van der Waals surface area contributed by atoms with Crippen LogP contribution in [0, 0.1) is 5.92 Å². The predicted octanol–water partition coefficient (Wildman–Crippen LogP) is 2.51. The first-order chi connectivity index (χ1) is 9.03. The largest absolute Gasteiger partial charge is 0.466 e. The van der Waals surface area contributed by atoms with Crippen LogP contribution in [-0.2, 0) is 14.3 Å². The Kier molecular flexibility index (Phi) is 6.80. The molecular formula is C15H29NO3. The number of hydrogen-bond donors (Lipinski definition) is 1. The molecule has 2 unspecified atom stereocenters. The number of carbonyl (C=O) groups excluding carboxylic acids is 1. The number of esters is 1. The van der Waals surface area contributed by atoms with Gasteiger partial charge in [0.05, 0.1) is 19.1 Å². The minimum atomic E-state index is -0.143. The fourth-order valence-electron chi connectivity index (χ4n) is 2.64. The van der Waals surface area contributed by atoms with Crippen molar-refractivity contribution in [2.45, 2.75) is 65.0 Å². The van der Waals surface area contributed by atoms with Crippen molar-refractivity contribution in [1.29, 1.82) is 0 Å². The molecule has 1 N–H and O–H groups in total. The first-order valence-corrected chi connectivity index (χ1v) is 7.55. The van der Waals surface area contributed by atoms with Crippen molar-refractivity contribution < 1.29 is 14.3 Å². The summed E-state index contributed by atoms with van der Waals surface area (Å²) in [6, 6.07) is 0. The van der Waals surface area contributed by atoms with Crippen molar-refractivity contribution >= 4 is 5.97 Å². The van der Waals surface area contributed by atoms with Gasteiger partial charge in [-0.3, -0.25) is 4.79 Å². The second-order valence-electron chi connectivity index (χ2n) is 5.80. The van der Waals surface area contributed by atoms with E-state index < -0.39 is 0 Å². The summed E-state index contributed by atoms with van der Waals surface area (Å²) in [5, 5.41) is 3.58. The van der Waals surface area contributed by atoms with Gasteiger partial charge < -0.3 is 14.8 Å². The summed E-state index contributed by atoms with van der Waals surface area (Å²) >= 11 is 0. The molecule has 0 aliphatic carbocycles. The second kappa shape index (κ2) is 7.85. The highest BCUT2D eigenvalue weighted by atomic mass is 16.5. The Morgan fingerprint density at radius 2 is 2.21 bits per heavy atom. The summed E-state index contributed by atoms with van der Waals surface area (Å²) in [5.74, 6) is 0.376. The lowest BCUT2D eigenvalue weighted by Crippen LogP contribution is -2.54. The Bertz CT molecular complexity index is 281. The number of ether oxygens (including phenoxy) is 2. The smallest absolute Gasteiger partial charge is 0.307 e. The summed E-state index contributed by atoms with van der Waals surface area (Å²) in [6.45, 7) is 10.4. The van der Waals surface area contributed by atoms with Gasteiger partial charge in [0, 0.05) is 12.1 Å². The van der Waals surface area contributed by atoms with Gasteiger partial charge >= 0.3 is 5.97 Å². The van der Waals surface area contributed by atoms with Crippen molar-refractivity contribution in [3.05, 3.63) is 0 Å². The van der Waals surface area contributed by atoms with Gasteiger partial charge in [-0.05, 0) is 38.6 Å². The zero-order valence-electron chi connectivity index (χ0n) is 12.8. The lowest BCUT2D eigenvalue weighted by Gasteiger charge is -2.42. The van der Waals surface area contributed by atoms with Gasteiger partial charge in [-0.25, -0.2) is 0 Å². The Balaban J connectivity index is 2.70. The molecule has 112 valence electrons. The van der Waals surface area contributed by atoms with Gasteiger partial charge in [0.25, 0.3) is 0 Å². The van der Waals surface area contributed by atoms with E-state index in [0.29, 0.717) is 18.9 Å². The van der Waals surface area contributed by atoms with Crippen LogP contribution < -0.4 is 5.32 Å². The molecule has 1 saturated heterocycles. The quantitative estimate of drug-likeness (QED) is 0.723. The van der Waals surface area contributed by atoms with Gasteiger partial charge in [0.1, 0.15) is 0 Å². The van der Waals surface area contributed by atoms with Crippen molar-refractivity contribution in [3.8, 4) is 0 Å². The molecular weight excluding hydrogens is 242 g/mol. The zero-order chi connectivity index (χ0) is 14.3.